The molecule has 0 aromatic heterocycles. The fraction of sp³-hybridized carbons (Fsp3) is 0.562. The summed E-state index contributed by atoms with van der Waals surface area (Å²) in [4.78, 5) is 12.3. The number of fused-ring (bicyclic) bond motifs is 2. The number of hydrogen-bond donors (Lipinski definition) is 1. The molecule has 2 fully saturated rings. The molecule has 1 aromatic rings. The van der Waals surface area contributed by atoms with E-state index < -0.39 is 6.04 Å². The molecule has 2 nitrogen and oxygen atoms in total. The Bertz CT molecular complexity index is 428. The quantitative estimate of drug-likeness (QED) is 0.883. The van der Waals surface area contributed by atoms with E-state index in [1.54, 1.807) is 0 Å². The van der Waals surface area contributed by atoms with Crippen molar-refractivity contribution in [1.82, 2.24) is 0 Å². The van der Waals surface area contributed by atoms with E-state index in [2.05, 4.69) is 0 Å². The van der Waals surface area contributed by atoms with Gasteiger partial charge in [0.05, 0.1) is 6.04 Å². The zero-order valence-corrected chi connectivity index (χ0v) is 10.7. The van der Waals surface area contributed by atoms with Crippen LogP contribution in [0.25, 0.3) is 0 Å². The van der Waals surface area contributed by atoms with Crippen molar-refractivity contribution in [3.8, 4) is 0 Å². The van der Waals surface area contributed by atoms with Crippen LogP contribution in [0.15, 0.2) is 30.3 Å². The summed E-state index contributed by atoms with van der Waals surface area (Å²) in [6, 6.07) is 9.31. The van der Waals surface area contributed by atoms with E-state index in [1.807, 2.05) is 30.3 Å². The first kappa shape index (κ1) is 11.9. The number of carbonyl (C=O) groups excluding carboxylic acids is 1. The van der Waals surface area contributed by atoms with Crippen LogP contribution >= 0.6 is 0 Å². The standard InChI is InChI=1S/C16H21NO/c17-16(12-4-2-1-3-5-12)15(18)10-14-9-11-6-7-13(14)8-11/h1-5,11,13-14,16H,6-10,17H2. The lowest BCUT2D eigenvalue weighted by Gasteiger charge is -2.22. The van der Waals surface area contributed by atoms with Gasteiger partial charge in [-0.25, -0.2) is 0 Å². The molecule has 2 saturated carbocycles. The number of benzene rings is 1. The number of carbonyl (C=O) groups is 1. The topological polar surface area (TPSA) is 43.1 Å². The average molecular weight is 243 g/mol. The van der Waals surface area contributed by atoms with Crippen molar-refractivity contribution < 1.29 is 4.79 Å². The summed E-state index contributed by atoms with van der Waals surface area (Å²) in [6.45, 7) is 0. The van der Waals surface area contributed by atoms with Crippen LogP contribution in [0.3, 0.4) is 0 Å². The normalized spacial score (nSPS) is 31.5. The molecule has 2 aliphatic carbocycles. The Morgan fingerprint density at radius 1 is 1.22 bits per heavy atom. The largest absolute Gasteiger partial charge is 0.318 e. The van der Waals surface area contributed by atoms with E-state index in [-0.39, 0.29) is 5.78 Å². The van der Waals surface area contributed by atoms with Crippen LogP contribution in [0.1, 0.15) is 43.7 Å². The minimum Gasteiger partial charge on any atom is -0.318 e. The highest BCUT2D eigenvalue weighted by atomic mass is 16.1. The lowest BCUT2D eigenvalue weighted by atomic mass is 9.83. The minimum atomic E-state index is -0.426. The van der Waals surface area contributed by atoms with Gasteiger partial charge in [0.1, 0.15) is 0 Å². The van der Waals surface area contributed by atoms with Gasteiger partial charge >= 0.3 is 0 Å². The maximum absolute atomic E-state index is 12.3. The highest BCUT2D eigenvalue weighted by molar-refractivity contribution is 5.85. The molecule has 2 aliphatic rings. The summed E-state index contributed by atoms with van der Waals surface area (Å²) in [5.74, 6) is 2.55. The molecule has 0 spiro atoms. The zero-order valence-electron chi connectivity index (χ0n) is 10.7. The van der Waals surface area contributed by atoms with Gasteiger partial charge in [-0.15, -0.1) is 0 Å². The van der Waals surface area contributed by atoms with Gasteiger partial charge in [0.25, 0.3) is 0 Å². The van der Waals surface area contributed by atoms with E-state index in [9.17, 15) is 4.79 Å². The molecule has 3 rings (SSSR count). The average Bonchev–Trinajstić information content (AvgIpc) is 3.01. The highest BCUT2D eigenvalue weighted by Crippen LogP contribution is 2.49. The Morgan fingerprint density at radius 3 is 2.61 bits per heavy atom. The maximum Gasteiger partial charge on any atom is 0.154 e. The third kappa shape index (κ3) is 2.22. The number of hydrogen-bond acceptors (Lipinski definition) is 2. The molecular formula is C16H21NO. The Hall–Kier alpha value is -1.15. The third-order valence-corrected chi connectivity index (χ3v) is 4.85. The molecule has 0 heterocycles. The molecule has 4 atom stereocenters. The Morgan fingerprint density at radius 2 is 2.00 bits per heavy atom. The predicted octanol–water partition coefficient (Wildman–Crippen LogP) is 3.08. The molecule has 1 aromatic carbocycles. The van der Waals surface area contributed by atoms with Gasteiger partial charge in [0, 0.05) is 6.42 Å². The Labute approximate surface area is 109 Å². The van der Waals surface area contributed by atoms with Crippen LogP contribution < -0.4 is 5.73 Å². The predicted molar refractivity (Wildman–Crippen MR) is 71.9 cm³/mol. The van der Waals surface area contributed by atoms with Gasteiger partial charge in [-0.3, -0.25) is 4.79 Å². The summed E-state index contributed by atoms with van der Waals surface area (Å²) in [6.07, 6.45) is 6.04. The van der Waals surface area contributed by atoms with Crippen molar-refractivity contribution in [2.24, 2.45) is 23.5 Å². The Balaban J connectivity index is 1.62. The van der Waals surface area contributed by atoms with E-state index >= 15 is 0 Å². The third-order valence-electron chi connectivity index (χ3n) is 4.85. The molecule has 2 heteroatoms. The van der Waals surface area contributed by atoms with Crippen LogP contribution in [0.5, 0.6) is 0 Å². The van der Waals surface area contributed by atoms with Gasteiger partial charge in [-0.1, -0.05) is 36.8 Å². The number of ketones is 1. The first-order valence-corrected chi connectivity index (χ1v) is 7.07. The second-order valence-corrected chi connectivity index (χ2v) is 5.99. The smallest absolute Gasteiger partial charge is 0.154 e. The highest BCUT2D eigenvalue weighted by Gasteiger charge is 2.40. The fourth-order valence-corrected chi connectivity index (χ4v) is 3.86. The monoisotopic (exact) mass is 243 g/mol. The van der Waals surface area contributed by atoms with Crippen molar-refractivity contribution in [3.63, 3.8) is 0 Å². The first-order valence-electron chi connectivity index (χ1n) is 7.07. The molecule has 96 valence electrons. The maximum atomic E-state index is 12.3. The van der Waals surface area contributed by atoms with Crippen molar-refractivity contribution in [2.45, 2.75) is 38.1 Å². The van der Waals surface area contributed by atoms with Gasteiger partial charge in [-0.2, -0.15) is 0 Å². The van der Waals surface area contributed by atoms with Gasteiger partial charge < -0.3 is 5.73 Å². The second-order valence-electron chi connectivity index (χ2n) is 5.99. The summed E-state index contributed by atoms with van der Waals surface area (Å²) < 4.78 is 0. The van der Waals surface area contributed by atoms with Crippen LogP contribution in [-0.4, -0.2) is 5.78 Å². The van der Waals surface area contributed by atoms with E-state index in [4.69, 9.17) is 5.73 Å². The molecule has 0 saturated heterocycles. The van der Waals surface area contributed by atoms with Crippen molar-refractivity contribution in [1.29, 1.82) is 0 Å². The van der Waals surface area contributed by atoms with Crippen molar-refractivity contribution in [2.75, 3.05) is 0 Å². The molecule has 0 radical (unpaired) electrons. The minimum absolute atomic E-state index is 0.221. The molecule has 18 heavy (non-hydrogen) atoms. The molecule has 4 unspecified atom stereocenters. The summed E-state index contributed by atoms with van der Waals surface area (Å²) >= 11 is 0. The van der Waals surface area contributed by atoms with E-state index in [0.29, 0.717) is 12.3 Å². The number of Topliss-reactive ketones (excluding diaryl/α,β-unsaturated/α-hetero) is 1. The van der Waals surface area contributed by atoms with Crippen molar-refractivity contribution in [3.05, 3.63) is 35.9 Å². The van der Waals surface area contributed by atoms with E-state index in [1.165, 1.54) is 25.7 Å². The number of rotatable bonds is 4. The van der Waals surface area contributed by atoms with Crippen LogP contribution in [0.2, 0.25) is 0 Å². The molecule has 0 aliphatic heterocycles. The lowest BCUT2D eigenvalue weighted by molar-refractivity contribution is -0.121. The molecular weight excluding hydrogens is 222 g/mol. The van der Waals surface area contributed by atoms with Gasteiger partial charge in [0.2, 0.25) is 0 Å². The van der Waals surface area contributed by atoms with Crippen LogP contribution in [0, 0.1) is 17.8 Å². The Kier molecular flexibility index (Phi) is 3.21. The zero-order chi connectivity index (χ0) is 12.5. The van der Waals surface area contributed by atoms with E-state index in [0.717, 1.165) is 17.4 Å². The fourth-order valence-electron chi connectivity index (χ4n) is 3.86. The molecule has 2 bridgehead atoms. The van der Waals surface area contributed by atoms with Crippen molar-refractivity contribution >= 4 is 5.78 Å². The van der Waals surface area contributed by atoms with Crippen LogP contribution in [-0.2, 0) is 4.79 Å². The summed E-state index contributed by atoms with van der Waals surface area (Å²) in [5.41, 5.74) is 7.01. The first-order chi connectivity index (χ1) is 8.74. The van der Waals surface area contributed by atoms with Crippen LogP contribution in [0.4, 0.5) is 0 Å². The number of nitrogens with two attached hydrogens (primary N) is 1. The second kappa shape index (κ2) is 4.85. The lowest BCUT2D eigenvalue weighted by Crippen LogP contribution is -2.25. The van der Waals surface area contributed by atoms with Gasteiger partial charge in [0.15, 0.2) is 5.78 Å². The summed E-state index contributed by atoms with van der Waals surface area (Å²) in [7, 11) is 0. The molecule has 2 N–H and O–H groups in total. The SMILES string of the molecule is NC(C(=O)CC1CC2CCC1C2)c1ccccc1. The van der Waals surface area contributed by atoms with Gasteiger partial charge in [-0.05, 0) is 42.6 Å². The summed E-state index contributed by atoms with van der Waals surface area (Å²) in [5, 5.41) is 0. The molecule has 0 amide bonds.